The van der Waals surface area contributed by atoms with E-state index in [1.54, 1.807) is 0 Å². The van der Waals surface area contributed by atoms with Gasteiger partial charge in [0.1, 0.15) is 0 Å². The smallest absolute Gasteiger partial charge is 0.235 e. The number of primary amides is 1. The van der Waals surface area contributed by atoms with Crippen molar-refractivity contribution in [3.63, 3.8) is 0 Å². The molecule has 1 aliphatic rings. The number of carbonyl (C=O) groups excluding carboxylic acids is 1. The molecule has 128 valence electrons. The number of carbonyl (C=O) groups is 1. The zero-order valence-corrected chi connectivity index (χ0v) is 14.4. The van der Waals surface area contributed by atoms with Gasteiger partial charge >= 0.3 is 0 Å². The molecule has 6 heteroatoms. The van der Waals surface area contributed by atoms with Gasteiger partial charge in [0.25, 0.3) is 0 Å². The molecule has 25 heavy (non-hydrogen) atoms. The van der Waals surface area contributed by atoms with Gasteiger partial charge in [-0.3, -0.25) is 9.69 Å². The van der Waals surface area contributed by atoms with E-state index in [1.807, 2.05) is 42.8 Å². The van der Waals surface area contributed by atoms with Gasteiger partial charge < -0.3 is 5.73 Å². The minimum absolute atomic E-state index is 0.286. The third-order valence-corrected chi connectivity index (χ3v) is 4.90. The van der Waals surface area contributed by atoms with Crippen molar-refractivity contribution in [3.05, 3.63) is 64.6 Å². The highest BCUT2D eigenvalue weighted by Gasteiger charge is 2.30. The summed E-state index contributed by atoms with van der Waals surface area (Å²) in [6.07, 6.45) is 2.49. The van der Waals surface area contributed by atoms with Crippen LogP contribution in [0.25, 0.3) is 5.65 Å². The zero-order chi connectivity index (χ0) is 17.6. The van der Waals surface area contributed by atoms with Crippen molar-refractivity contribution in [1.82, 2.24) is 19.5 Å². The van der Waals surface area contributed by atoms with Crippen LogP contribution in [0.1, 0.15) is 28.1 Å². The van der Waals surface area contributed by atoms with Crippen LogP contribution in [0, 0.1) is 13.8 Å². The number of aryl methyl sites for hydroxylation is 2. The topological polar surface area (TPSA) is 76.5 Å². The number of nitrogens with zero attached hydrogens (tertiary/aromatic N) is 4. The summed E-state index contributed by atoms with van der Waals surface area (Å²) in [6, 6.07) is 9.93. The number of fused-ring (bicyclic) bond motifs is 2. The Bertz CT molecular complexity index is 962. The molecule has 0 fully saturated rings. The summed E-state index contributed by atoms with van der Waals surface area (Å²) < 4.78 is 1.85. The first kappa shape index (κ1) is 15.8. The van der Waals surface area contributed by atoms with Crippen LogP contribution in [0.3, 0.4) is 0 Å². The molecule has 0 bridgehead atoms. The zero-order valence-electron chi connectivity index (χ0n) is 14.4. The Balaban J connectivity index is 1.71. The summed E-state index contributed by atoms with van der Waals surface area (Å²) in [5.41, 5.74) is 12.0. The lowest BCUT2D eigenvalue weighted by Crippen LogP contribution is -2.48. The fourth-order valence-corrected chi connectivity index (χ4v) is 3.67. The first-order valence-electron chi connectivity index (χ1n) is 8.44. The summed E-state index contributed by atoms with van der Waals surface area (Å²) in [4.78, 5) is 18.8. The van der Waals surface area contributed by atoms with Gasteiger partial charge in [-0.05, 0) is 37.5 Å². The number of nitrogens with two attached hydrogens (primary N) is 1. The summed E-state index contributed by atoms with van der Waals surface area (Å²) in [6.45, 7) is 5.29. The first-order valence-corrected chi connectivity index (χ1v) is 8.44. The first-order chi connectivity index (χ1) is 12.0. The lowest BCUT2D eigenvalue weighted by Gasteiger charge is -2.34. The fraction of sp³-hybridized carbons (Fsp3) is 0.316. The molecule has 1 atom stereocenters. The summed E-state index contributed by atoms with van der Waals surface area (Å²) in [5.74, 6) is -0.286. The molecular formula is C19H21N5O. The molecule has 0 saturated carbocycles. The fourth-order valence-electron chi connectivity index (χ4n) is 3.67. The average molecular weight is 335 g/mol. The van der Waals surface area contributed by atoms with E-state index in [4.69, 9.17) is 5.73 Å². The summed E-state index contributed by atoms with van der Waals surface area (Å²) >= 11 is 0. The van der Waals surface area contributed by atoms with Crippen molar-refractivity contribution in [3.8, 4) is 0 Å². The number of benzene rings is 1. The van der Waals surface area contributed by atoms with Gasteiger partial charge in [-0.25, -0.2) is 9.50 Å². The van der Waals surface area contributed by atoms with Crippen LogP contribution >= 0.6 is 0 Å². The predicted molar refractivity (Wildman–Crippen MR) is 94.8 cm³/mol. The minimum Gasteiger partial charge on any atom is -0.368 e. The van der Waals surface area contributed by atoms with E-state index < -0.39 is 0 Å². The standard InChI is InChI=1S/C19H21N5O/c1-12-7-13(2)24-19(22-12)16(9-21-24)11-23-10-15-6-4-3-5-14(15)8-17(23)18(20)25/h3-7,9,17H,8,10-11H2,1-2H3,(H2,20,25). The molecule has 3 heterocycles. The van der Waals surface area contributed by atoms with E-state index >= 15 is 0 Å². The maximum absolute atomic E-state index is 12.0. The predicted octanol–water partition coefficient (Wildman–Crippen LogP) is 1.76. The maximum atomic E-state index is 12.0. The van der Waals surface area contributed by atoms with Gasteiger partial charge in [-0.2, -0.15) is 5.10 Å². The third kappa shape index (κ3) is 2.78. The number of hydrogen-bond donors (Lipinski definition) is 1. The Morgan fingerprint density at radius 1 is 1.28 bits per heavy atom. The van der Waals surface area contributed by atoms with Crippen LogP contribution in [0.15, 0.2) is 36.5 Å². The van der Waals surface area contributed by atoms with Crippen LogP contribution in [-0.4, -0.2) is 31.4 Å². The minimum atomic E-state index is -0.309. The highest BCUT2D eigenvalue weighted by atomic mass is 16.1. The van der Waals surface area contributed by atoms with Crippen LogP contribution in [0.5, 0.6) is 0 Å². The van der Waals surface area contributed by atoms with Gasteiger partial charge in [0.2, 0.25) is 5.91 Å². The second kappa shape index (κ2) is 5.97. The Kier molecular flexibility index (Phi) is 3.77. The van der Waals surface area contributed by atoms with Gasteiger partial charge in [-0.1, -0.05) is 24.3 Å². The summed E-state index contributed by atoms with van der Waals surface area (Å²) in [7, 11) is 0. The molecule has 0 radical (unpaired) electrons. The third-order valence-electron chi connectivity index (χ3n) is 4.90. The van der Waals surface area contributed by atoms with E-state index in [0.717, 1.165) is 22.6 Å². The molecular weight excluding hydrogens is 314 g/mol. The van der Waals surface area contributed by atoms with Crippen LogP contribution in [0.2, 0.25) is 0 Å². The lowest BCUT2D eigenvalue weighted by atomic mass is 9.93. The Morgan fingerprint density at radius 3 is 2.80 bits per heavy atom. The quantitative estimate of drug-likeness (QED) is 0.791. The molecule has 2 aromatic heterocycles. The van der Waals surface area contributed by atoms with Crippen molar-refractivity contribution >= 4 is 11.6 Å². The highest BCUT2D eigenvalue weighted by molar-refractivity contribution is 5.80. The molecule has 4 rings (SSSR count). The van der Waals surface area contributed by atoms with Crippen LogP contribution < -0.4 is 5.73 Å². The van der Waals surface area contributed by atoms with Gasteiger partial charge in [0.05, 0.1) is 12.2 Å². The molecule has 0 saturated heterocycles. The Labute approximate surface area is 146 Å². The molecule has 3 aromatic rings. The van der Waals surface area contributed by atoms with Crippen molar-refractivity contribution in [2.24, 2.45) is 5.73 Å². The number of aromatic nitrogens is 3. The second-order valence-electron chi connectivity index (χ2n) is 6.74. The molecule has 6 nitrogen and oxygen atoms in total. The van der Waals surface area contributed by atoms with Crippen molar-refractivity contribution < 1.29 is 4.79 Å². The van der Waals surface area contributed by atoms with E-state index in [1.165, 1.54) is 11.1 Å². The normalized spacial score (nSPS) is 17.6. The molecule has 2 N–H and O–H groups in total. The van der Waals surface area contributed by atoms with Crippen molar-refractivity contribution in [1.29, 1.82) is 0 Å². The van der Waals surface area contributed by atoms with Gasteiger partial charge in [0.15, 0.2) is 5.65 Å². The van der Waals surface area contributed by atoms with Crippen molar-refractivity contribution in [2.45, 2.75) is 39.4 Å². The highest BCUT2D eigenvalue weighted by Crippen LogP contribution is 2.26. The molecule has 1 unspecified atom stereocenters. The van der Waals surface area contributed by atoms with E-state index in [9.17, 15) is 4.79 Å². The van der Waals surface area contributed by atoms with Crippen LogP contribution in [0.4, 0.5) is 0 Å². The Hall–Kier alpha value is -2.73. The van der Waals surface area contributed by atoms with Gasteiger partial charge in [0, 0.05) is 30.0 Å². The monoisotopic (exact) mass is 335 g/mol. The average Bonchev–Trinajstić information content (AvgIpc) is 2.97. The van der Waals surface area contributed by atoms with Crippen molar-refractivity contribution in [2.75, 3.05) is 0 Å². The largest absolute Gasteiger partial charge is 0.368 e. The van der Waals surface area contributed by atoms with E-state index in [-0.39, 0.29) is 11.9 Å². The maximum Gasteiger partial charge on any atom is 0.235 e. The lowest BCUT2D eigenvalue weighted by molar-refractivity contribution is -0.124. The number of amides is 1. The molecule has 1 aliphatic heterocycles. The SMILES string of the molecule is Cc1cc(C)n2ncc(CN3Cc4ccccc4CC3C(N)=O)c2n1. The second-order valence-corrected chi connectivity index (χ2v) is 6.74. The number of rotatable bonds is 3. The molecule has 1 aromatic carbocycles. The Morgan fingerprint density at radius 2 is 2.04 bits per heavy atom. The molecule has 0 spiro atoms. The molecule has 0 aliphatic carbocycles. The van der Waals surface area contributed by atoms with Gasteiger partial charge in [-0.15, -0.1) is 0 Å². The number of hydrogen-bond acceptors (Lipinski definition) is 4. The van der Waals surface area contributed by atoms with E-state index in [0.29, 0.717) is 19.5 Å². The summed E-state index contributed by atoms with van der Waals surface area (Å²) in [5, 5.41) is 4.45. The van der Waals surface area contributed by atoms with E-state index in [2.05, 4.69) is 27.1 Å². The van der Waals surface area contributed by atoms with Crippen LogP contribution in [-0.2, 0) is 24.3 Å². The molecule has 1 amide bonds.